The summed E-state index contributed by atoms with van der Waals surface area (Å²) in [7, 11) is 0. The van der Waals surface area contributed by atoms with Crippen LogP contribution in [0.25, 0.3) is 0 Å². The van der Waals surface area contributed by atoms with E-state index in [1.165, 1.54) is 22.4 Å². The zero-order valence-electron chi connectivity index (χ0n) is 17.4. The lowest BCUT2D eigenvalue weighted by atomic mass is 9.87. The molecule has 0 spiro atoms. The van der Waals surface area contributed by atoms with E-state index in [4.69, 9.17) is 4.74 Å². The predicted octanol–water partition coefficient (Wildman–Crippen LogP) is 6.72. The first-order valence-electron chi connectivity index (χ1n) is 9.81. The summed E-state index contributed by atoms with van der Waals surface area (Å²) in [5.41, 5.74) is 5.35. The van der Waals surface area contributed by atoms with Gasteiger partial charge in [0.2, 0.25) is 0 Å². The van der Waals surface area contributed by atoms with Gasteiger partial charge in [0.15, 0.2) is 0 Å². The molecule has 0 aliphatic carbocycles. The number of rotatable bonds is 9. The summed E-state index contributed by atoms with van der Waals surface area (Å²) in [4.78, 5) is 0. The number of benzene rings is 2. The minimum atomic E-state index is 0.231. The maximum absolute atomic E-state index is 6.01. The van der Waals surface area contributed by atoms with Crippen molar-refractivity contribution in [2.45, 2.75) is 60.3 Å². The molecule has 0 unspecified atom stereocenters. The number of para-hydroxylation sites is 1. The molecule has 0 atom stereocenters. The fourth-order valence-electron chi connectivity index (χ4n) is 3.18. The molecule has 0 aromatic heterocycles. The molecule has 0 saturated heterocycles. The lowest BCUT2D eigenvalue weighted by molar-refractivity contribution is 0.263. The highest BCUT2D eigenvalue weighted by molar-refractivity contribution is 5.52. The molecule has 26 heavy (non-hydrogen) atoms. The Labute approximate surface area is 160 Å². The second-order valence-corrected chi connectivity index (χ2v) is 8.48. The summed E-state index contributed by atoms with van der Waals surface area (Å²) < 4.78 is 6.01. The third-order valence-corrected chi connectivity index (χ3v) is 4.94. The van der Waals surface area contributed by atoms with Crippen LogP contribution in [0.1, 0.15) is 63.1 Å². The molecule has 1 N–H and O–H groups in total. The van der Waals surface area contributed by atoms with Crippen LogP contribution in [0.2, 0.25) is 0 Å². The van der Waals surface area contributed by atoms with Crippen LogP contribution in [-0.2, 0) is 0 Å². The summed E-state index contributed by atoms with van der Waals surface area (Å²) in [6, 6.07) is 15.0. The number of ether oxygens (including phenoxy) is 1. The fraction of sp³-hybridized carbons (Fsp3) is 0.500. The Balaban J connectivity index is 1.81. The average Bonchev–Trinajstić information content (AvgIpc) is 2.60. The van der Waals surface area contributed by atoms with Crippen LogP contribution in [0.15, 0.2) is 42.5 Å². The number of hydrogen-bond acceptors (Lipinski definition) is 2. The molecule has 0 aliphatic heterocycles. The van der Waals surface area contributed by atoms with Crippen LogP contribution in [0.4, 0.5) is 5.69 Å². The largest absolute Gasteiger partial charge is 0.493 e. The van der Waals surface area contributed by atoms with Gasteiger partial charge in [0, 0.05) is 12.2 Å². The van der Waals surface area contributed by atoms with E-state index < -0.39 is 0 Å². The lowest BCUT2D eigenvalue weighted by Crippen LogP contribution is -2.24. The van der Waals surface area contributed by atoms with Crippen LogP contribution >= 0.6 is 0 Å². The zero-order chi connectivity index (χ0) is 19.2. The highest BCUT2D eigenvalue weighted by atomic mass is 16.5. The van der Waals surface area contributed by atoms with E-state index in [0.717, 1.165) is 31.7 Å². The van der Waals surface area contributed by atoms with Gasteiger partial charge in [0.05, 0.1) is 6.61 Å². The molecule has 0 fully saturated rings. The Morgan fingerprint density at radius 2 is 1.77 bits per heavy atom. The predicted molar refractivity (Wildman–Crippen MR) is 113 cm³/mol. The average molecular weight is 354 g/mol. The molecule has 0 bridgehead atoms. The highest BCUT2D eigenvalue weighted by Crippen LogP contribution is 2.28. The molecular weight excluding hydrogens is 318 g/mol. The maximum atomic E-state index is 6.01. The van der Waals surface area contributed by atoms with Gasteiger partial charge in [-0.15, -0.1) is 0 Å². The van der Waals surface area contributed by atoms with Crippen molar-refractivity contribution in [3.05, 3.63) is 59.2 Å². The third kappa shape index (κ3) is 6.09. The summed E-state index contributed by atoms with van der Waals surface area (Å²) >= 11 is 0. The fourth-order valence-corrected chi connectivity index (χ4v) is 3.18. The van der Waals surface area contributed by atoms with Gasteiger partial charge in [-0.05, 0) is 66.8 Å². The summed E-state index contributed by atoms with van der Waals surface area (Å²) in [5.74, 6) is 1.56. The number of aryl methyl sites for hydroxylation is 2. The van der Waals surface area contributed by atoms with Crippen molar-refractivity contribution < 1.29 is 4.74 Å². The van der Waals surface area contributed by atoms with E-state index in [9.17, 15) is 0 Å². The first-order valence-corrected chi connectivity index (χ1v) is 9.81. The topological polar surface area (TPSA) is 21.3 Å². The van der Waals surface area contributed by atoms with Gasteiger partial charge in [0.1, 0.15) is 5.75 Å². The molecule has 0 aliphatic rings. The molecule has 2 aromatic rings. The Hall–Kier alpha value is -1.96. The quantitative estimate of drug-likeness (QED) is 0.505. The van der Waals surface area contributed by atoms with Gasteiger partial charge in [-0.2, -0.15) is 0 Å². The Morgan fingerprint density at radius 1 is 1.04 bits per heavy atom. The van der Waals surface area contributed by atoms with Gasteiger partial charge in [-0.25, -0.2) is 0 Å². The monoisotopic (exact) mass is 353 g/mol. The van der Waals surface area contributed by atoms with Crippen molar-refractivity contribution >= 4 is 5.69 Å². The summed E-state index contributed by atoms with van der Waals surface area (Å²) in [6.07, 6.45) is 2.20. The van der Waals surface area contributed by atoms with E-state index in [-0.39, 0.29) is 5.41 Å². The van der Waals surface area contributed by atoms with Crippen molar-refractivity contribution in [1.29, 1.82) is 0 Å². The van der Waals surface area contributed by atoms with Crippen molar-refractivity contribution in [3.63, 3.8) is 0 Å². The normalized spacial score (nSPS) is 11.7. The molecule has 2 aromatic carbocycles. The minimum Gasteiger partial charge on any atom is -0.493 e. The number of anilines is 1. The molecule has 2 nitrogen and oxygen atoms in total. The Bertz CT molecular complexity index is 703. The van der Waals surface area contributed by atoms with Gasteiger partial charge in [-0.3, -0.25) is 0 Å². The SMILES string of the molecule is Cc1ccc(C)c(OCCCC(C)(C)CNc2ccccc2C(C)C)c1. The third-order valence-electron chi connectivity index (χ3n) is 4.94. The lowest BCUT2D eigenvalue weighted by Gasteiger charge is -2.27. The molecule has 0 saturated carbocycles. The van der Waals surface area contributed by atoms with E-state index in [1.807, 2.05) is 0 Å². The zero-order valence-corrected chi connectivity index (χ0v) is 17.4. The molecule has 142 valence electrons. The molecule has 0 heterocycles. The first-order chi connectivity index (χ1) is 12.3. The Kier molecular flexibility index (Phi) is 7.14. The summed E-state index contributed by atoms with van der Waals surface area (Å²) in [5, 5.41) is 3.67. The van der Waals surface area contributed by atoms with Crippen molar-refractivity contribution in [2.24, 2.45) is 5.41 Å². The van der Waals surface area contributed by atoms with Gasteiger partial charge in [0.25, 0.3) is 0 Å². The standard InChI is InChI=1S/C24H35NO/c1-18(2)21-10-7-8-11-22(21)25-17-24(5,6)14-9-15-26-23-16-19(3)12-13-20(23)4/h7-8,10-13,16,18,25H,9,14-15,17H2,1-6H3. The van der Waals surface area contributed by atoms with Crippen LogP contribution in [0.3, 0.4) is 0 Å². The smallest absolute Gasteiger partial charge is 0.122 e. The second-order valence-electron chi connectivity index (χ2n) is 8.48. The van der Waals surface area contributed by atoms with Gasteiger partial charge in [-0.1, -0.05) is 58.0 Å². The van der Waals surface area contributed by atoms with E-state index in [2.05, 4.69) is 89.3 Å². The highest BCUT2D eigenvalue weighted by Gasteiger charge is 2.18. The molecule has 2 rings (SSSR count). The van der Waals surface area contributed by atoms with Crippen LogP contribution < -0.4 is 10.1 Å². The van der Waals surface area contributed by atoms with E-state index >= 15 is 0 Å². The van der Waals surface area contributed by atoms with E-state index in [1.54, 1.807) is 0 Å². The van der Waals surface area contributed by atoms with Crippen LogP contribution in [0.5, 0.6) is 5.75 Å². The van der Waals surface area contributed by atoms with E-state index in [0.29, 0.717) is 5.92 Å². The molecule has 2 heteroatoms. The number of hydrogen-bond donors (Lipinski definition) is 1. The Morgan fingerprint density at radius 3 is 2.50 bits per heavy atom. The van der Waals surface area contributed by atoms with Crippen LogP contribution in [0, 0.1) is 19.3 Å². The number of nitrogens with one attached hydrogen (secondary N) is 1. The molecular formula is C24H35NO. The minimum absolute atomic E-state index is 0.231. The summed E-state index contributed by atoms with van der Waals surface area (Å²) in [6.45, 7) is 15.1. The molecule has 0 radical (unpaired) electrons. The van der Waals surface area contributed by atoms with Crippen molar-refractivity contribution in [2.75, 3.05) is 18.5 Å². The van der Waals surface area contributed by atoms with Crippen molar-refractivity contribution in [3.8, 4) is 5.75 Å². The molecule has 0 amide bonds. The second kappa shape index (κ2) is 9.12. The van der Waals surface area contributed by atoms with Crippen molar-refractivity contribution in [1.82, 2.24) is 0 Å². The van der Waals surface area contributed by atoms with Gasteiger partial charge < -0.3 is 10.1 Å². The first kappa shape index (κ1) is 20.4. The van der Waals surface area contributed by atoms with Gasteiger partial charge >= 0.3 is 0 Å². The maximum Gasteiger partial charge on any atom is 0.122 e. The van der Waals surface area contributed by atoms with Crippen LogP contribution in [-0.4, -0.2) is 13.2 Å².